The van der Waals surface area contributed by atoms with Crippen molar-refractivity contribution in [1.29, 1.82) is 0 Å². The van der Waals surface area contributed by atoms with Gasteiger partial charge in [0.2, 0.25) is 0 Å². The van der Waals surface area contributed by atoms with Crippen LogP contribution in [0, 0.1) is 0 Å². The van der Waals surface area contributed by atoms with Crippen molar-refractivity contribution in [3.8, 4) is 0 Å². The van der Waals surface area contributed by atoms with E-state index in [0.29, 0.717) is 5.92 Å². The number of aromatic nitrogens is 2. The highest BCUT2D eigenvalue weighted by Crippen LogP contribution is 2.51. The van der Waals surface area contributed by atoms with Crippen LogP contribution in [0.1, 0.15) is 38.4 Å². The van der Waals surface area contributed by atoms with Crippen molar-refractivity contribution in [2.24, 2.45) is 4.99 Å². The van der Waals surface area contributed by atoms with Crippen LogP contribution in [-0.4, -0.2) is 78.4 Å². The number of halogens is 1. The van der Waals surface area contributed by atoms with E-state index in [4.69, 9.17) is 0 Å². The van der Waals surface area contributed by atoms with Crippen molar-refractivity contribution in [2.45, 2.75) is 54.8 Å². The number of carboxylic acids is 1. The van der Waals surface area contributed by atoms with Crippen molar-refractivity contribution >= 4 is 42.4 Å². The molecule has 1 amide bonds. The van der Waals surface area contributed by atoms with Crippen LogP contribution in [-0.2, 0) is 9.59 Å². The number of carbonyl (C=O) groups excluding carboxylic acids is 1. The second-order valence-electron chi connectivity index (χ2n) is 7.62. The summed E-state index contributed by atoms with van der Waals surface area (Å²) in [4.78, 5) is 39.7. The van der Waals surface area contributed by atoms with Crippen LogP contribution in [0.3, 0.4) is 0 Å². The average molecular weight is 414 g/mol. The number of nitrogens with one attached hydrogen (secondary N) is 1. The maximum Gasteiger partial charge on any atom is 0.327 e. The molecule has 4 rings (SSSR count). The molecule has 2 N–H and O–H groups in total. The summed E-state index contributed by atoms with van der Waals surface area (Å²) in [6, 6.07) is -1.26. The van der Waals surface area contributed by atoms with Gasteiger partial charge < -0.3 is 19.9 Å². The molecule has 3 aliphatic rings. The van der Waals surface area contributed by atoms with Gasteiger partial charge in [0, 0.05) is 36.1 Å². The Bertz CT molecular complexity index is 741. The van der Waals surface area contributed by atoms with Gasteiger partial charge in [-0.25, -0.2) is 9.78 Å². The lowest BCUT2D eigenvalue weighted by Crippen LogP contribution is -2.65. The Labute approximate surface area is 168 Å². The van der Waals surface area contributed by atoms with Crippen molar-refractivity contribution in [3.63, 3.8) is 0 Å². The average Bonchev–Trinajstić information content (AvgIpc) is 3.20. The number of β-lactam (4-membered cyclic amide) rings is 1. The van der Waals surface area contributed by atoms with Crippen LogP contribution >= 0.6 is 24.2 Å². The quantitative estimate of drug-likeness (QED) is 0.441. The number of amides is 1. The zero-order chi connectivity index (χ0) is 18.5. The standard InChI is InChI=1S/C17H23N5O3S.ClH/c1-17(2)12(16(24)25)22-14(23)11(15(22)26-17)20-9-21-7-3-4-10(8-21)13-18-5-6-19-13;/h5-6,9-12,15H,3-4,7-8H2,1-2H3,(H,18,19)(H,24,25);1H/t10?,11-,12+,15-;/m1./s1. The number of H-pyrrole nitrogens is 1. The Morgan fingerprint density at radius 3 is 2.96 bits per heavy atom. The van der Waals surface area contributed by atoms with Crippen LogP contribution in [0.4, 0.5) is 0 Å². The Hall–Kier alpha value is -1.74. The van der Waals surface area contributed by atoms with Gasteiger partial charge in [-0.1, -0.05) is 0 Å². The Kier molecular flexibility index (Phi) is 5.45. The lowest BCUT2D eigenvalue weighted by molar-refractivity contribution is -0.158. The number of likely N-dealkylation sites (tertiary alicyclic amines) is 1. The van der Waals surface area contributed by atoms with Crippen LogP contribution in [0.2, 0.25) is 0 Å². The predicted octanol–water partition coefficient (Wildman–Crippen LogP) is 1.55. The molecule has 27 heavy (non-hydrogen) atoms. The first kappa shape index (κ1) is 20.0. The number of hydrogen-bond acceptors (Lipinski definition) is 5. The molecule has 10 heteroatoms. The summed E-state index contributed by atoms with van der Waals surface area (Å²) in [6.07, 6.45) is 7.51. The molecule has 8 nitrogen and oxygen atoms in total. The maximum absolute atomic E-state index is 12.5. The number of thioether (sulfide) groups is 1. The highest BCUT2D eigenvalue weighted by molar-refractivity contribution is 8.01. The molecule has 0 saturated carbocycles. The smallest absolute Gasteiger partial charge is 0.327 e. The number of aliphatic imine (C=N–C) groups is 1. The first-order valence-corrected chi connectivity index (χ1v) is 9.76. The molecule has 4 heterocycles. The fourth-order valence-corrected chi connectivity index (χ4v) is 5.75. The van der Waals surface area contributed by atoms with Gasteiger partial charge in [0.05, 0.1) is 6.34 Å². The van der Waals surface area contributed by atoms with E-state index >= 15 is 0 Å². The molecule has 148 valence electrons. The summed E-state index contributed by atoms with van der Waals surface area (Å²) >= 11 is 1.53. The van der Waals surface area contributed by atoms with E-state index in [1.165, 1.54) is 16.7 Å². The van der Waals surface area contributed by atoms with E-state index in [0.717, 1.165) is 31.8 Å². The molecule has 0 bridgehead atoms. The Morgan fingerprint density at radius 2 is 2.30 bits per heavy atom. The van der Waals surface area contributed by atoms with E-state index in [9.17, 15) is 14.7 Å². The summed E-state index contributed by atoms with van der Waals surface area (Å²) in [5.74, 6) is 0.204. The molecule has 1 aromatic heterocycles. The monoisotopic (exact) mass is 413 g/mol. The number of hydrogen-bond donors (Lipinski definition) is 2. The molecule has 1 unspecified atom stereocenters. The molecule has 3 fully saturated rings. The number of piperidine rings is 1. The number of aliphatic carboxylic acids is 1. The molecule has 3 aliphatic heterocycles. The van der Waals surface area contributed by atoms with Crippen molar-refractivity contribution in [3.05, 3.63) is 18.2 Å². The van der Waals surface area contributed by atoms with Crippen molar-refractivity contribution < 1.29 is 14.7 Å². The summed E-state index contributed by atoms with van der Waals surface area (Å²) in [7, 11) is 0. The first-order valence-electron chi connectivity index (χ1n) is 8.88. The molecule has 0 spiro atoms. The van der Waals surface area contributed by atoms with Gasteiger partial charge in [-0.15, -0.1) is 24.2 Å². The molecule has 0 radical (unpaired) electrons. The van der Waals surface area contributed by atoms with Crippen molar-refractivity contribution in [1.82, 2.24) is 19.8 Å². The summed E-state index contributed by atoms with van der Waals surface area (Å²) in [6.45, 7) is 5.48. The van der Waals surface area contributed by atoms with Crippen LogP contribution in [0.5, 0.6) is 0 Å². The van der Waals surface area contributed by atoms with E-state index in [1.807, 2.05) is 20.0 Å². The third-order valence-electron chi connectivity index (χ3n) is 5.40. The number of carboxylic acid groups (broad SMARTS) is 1. The van der Waals surface area contributed by atoms with Gasteiger partial charge in [-0.2, -0.15) is 0 Å². The van der Waals surface area contributed by atoms with Gasteiger partial charge >= 0.3 is 5.97 Å². The summed E-state index contributed by atoms with van der Waals surface area (Å²) in [5.41, 5.74) is 0. The summed E-state index contributed by atoms with van der Waals surface area (Å²) < 4.78 is -0.508. The van der Waals surface area contributed by atoms with Gasteiger partial charge in [-0.3, -0.25) is 9.79 Å². The lowest BCUT2D eigenvalue weighted by atomic mass is 9.96. The third-order valence-corrected chi connectivity index (χ3v) is 6.95. The van der Waals surface area contributed by atoms with E-state index in [1.54, 1.807) is 12.5 Å². The topological polar surface area (TPSA) is 102 Å². The second kappa shape index (κ2) is 7.35. The fraction of sp³-hybridized carbons (Fsp3) is 0.647. The molecule has 1 aromatic rings. The van der Waals surface area contributed by atoms with Gasteiger partial charge in [0.1, 0.15) is 17.2 Å². The van der Waals surface area contributed by atoms with Gasteiger partial charge in [-0.05, 0) is 26.7 Å². The second-order valence-corrected chi connectivity index (χ2v) is 9.39. The normalized spacial score (nSPS) is 32.1. The van der Waals surface area contributed by atoms with Gasteiger partial charge in [0.15, 0.2) is 6.04 Å². The Morgan fingerprint density at radius 1 is 1.52 bits per heavy atom. The van der Waals surface area contributed by atoms with Crippen LogP contribution in [0.25, 0.3) is 0 Å². The molecule has 0 aromatic carbocycles. The largest absolute Gasteiger partial charge is 0.480 e. The summed E-state index contributed by atoms with van der Waals surface area (Å²) in [5, 5.41) is 9.29. The number of nitrogens with zero attached hydrogens (tertiary/aromatic N) is 4. The lowest BCUT2D eigenvalue weighted by Gasteiger charge is -2.41. The molecule has 4 atom stereocenters. The maximum atomic E-state index is 12.5. The Balaban J connectivity index is 0.00000210. The molecular weight excluding hydrogens is 390 g/mol. The van der Waals surface area contributed by atoms with E-state index in [-0.39, 0.29) is 23.7 Å². The predicted molar refractivity (Wildman–Crippen MR) is 105 cm³/mol. The minimum Gasteiger partial charge on any atom is -0.480 e. The number of fused-ring (bicyclic) bond motifs is 1. The minimum atomic E-state index is -0.946. The fourth-order valence-electron chi connectivity index (χ4n) is 4.13. The molecule has 0 aliphatic carbocycles. The highest BCUT2D eigenvalue weighted by atomic mass is 35.5. The van der Waals surface area contributed by atoms with Crippen molar-refractivity contribution in [2.75, 3.05) is 13.1 Å². The van der Waals surface area contributed by atoms with Gasteiger partial charge in [0.25, 0.3) is 5.91 Å². The number of rotatable bonds is 4. The molecular formula is C17H24ClN5O3S. The SMILES string of the molecule is CC1(C)S[C@@H]2[C@H](N=CN3CCCC(c4ncc[nH]4)C3)C(=O)N2[C@H]1C(=O)O.Cl. The van der Waals surface area contributed by atoms with E-state index < -0.39 is 22.8 Å². The number of imidazole rings is 1. The molecule has 3 saturated heterocycles. The third kappa shape index (κ3) is 3.42. The number of carbonyl (C=O) groups is 2. The zero-order valence-corrected chi connectivity index (χ0v) is 16.9. The van der Waals surface area contributed by atoms with Crippen LogP contribution in [0.15, 0.2) is 17.4 Å². The van der Waals surface area contributed by atoms with E-state index in [2.05, 4.69) is 19.9 Å². The first-order chi connectivity index (χ1) is 12.4. The minimum absolute atomic E-state index is 0. The highest BCUT2D eigenvalue weighted by Gasteiger charge is 2.63. The van der Waals surface area contributed by atoms with Crippen LogP contribution < -0.4 is 0 Å². The zero-order valence-electron chi connectivity index (χ0n) is 15.2. The number of aromatic amines is 1.